The number of benzene rings is 2. The lowest BCUT2D eigenvalue weighted by Crippen LogP contribution is -2.01. The molecule has 0 aliphatic heterocycles. The predicted molar refractivity (Wildman–Crippen MR) is 83.9 cm³/mol. The quantitative estimate of drug-likeness (QED) is 0.884. The van der Waals surface area contributed by atoms with Crippen molar-refractivity contribution >= 4 is 0 Å². The third kappa shape index (κ3) is 3.61. The number of hydrogen-bond acceptors (Lipinski definition) is 2. The van der Waals surface area contributed by atoms with Gasteiger partial charge in [0, 0.05) is 6.54 Å². The van der Waals surface area contributed by atoms with E-state index in [1.807, 2.05) is 0 Å². The molecule has 0 unspecified atom stereocenters. The Morgan fingerprint density at radius 3 is 2.25 bits per heavy atom. The lowest BCUT2D eigenvalue weighted by molar-refractivity contribution is 0.301. The molecule has 20 heavy (non-hydrogen) atoms. The Balaban J connectivity index is 2.11. The van der Waals surface area contributed by atoms with E-state index in [-0.39, 0.29) is 0 Å². The largest absolute Gasteiger partial charge is 0.489 e. The Morgan fingerprint density at radius 1 is 1.00 bits per heavy atom. The summed E-state index contributed by atoms with van der Waals surface area (Å²) in [6.07, 6.45) is 0. The van der Waals surface area contributed by atoms with Crippen LogP contribution in [0.1, 0.15) is 42.0 Å². The van der Waals surface area contributed by atoms with E-state index in [9.17, 15) is 0 Å². The first-order valence-electron chi connectivity index (χ1n) is 7.11. The highest BCUT2D eigenvalue weighted by Gasteiger charge is 2.08. The standard InChI is InChI=1S/C18H23NO/c1-13(2)17-9-4-14(3)10-18(17)20-12-16-7-5-15(11-19)6-8-16/h4-10,13H,11-12,19H2,1-3H3. The van der Waals surface area contributed by atoms with E-state index in [0.29, 0.717) is 19.1 Å². The summed E-state index contributed by atoms with van der Waals surface area (Å²) in [7, 11) is 0. The van der Waals surface area contributed by atoms with Crippen LogP contribution in [0.4, 0.5) is 0 Å². The van der Waals surface area contributed by atoms with Crippen LogP contribution in [-0.4, -0.2) is 0 Å². The molecular formula is C18H23NO. The second-order valence-electron chi connectivity index (χ2n) is 5.51. The maximum Gasteiger partial charge on any atom is 0.123 e. The Hall–Kier alpha value is -1.80. The molecule has 2 nitrogen and oxygen atoms in total. The van der Waals surface area contributed by atoms with Crippen molar-refractivity contribution in [3.05, 3.63) is 64.7 Å². The molecule has 0 spiro atoms. The van der Waals surface area contributed by atoms with Crippen LogP contribution in [0.25, 0.3) is 0 Å². The molecular weight excluding hydrogens is 246 g/mol. The van der Waals surface area contributed by atoms with Crippen LogP contribution in [0.5, 0.6) is 5.75 Å². The Kier molecular flexibility index (Phi) is 4.80. The third-order valence-corrected chi connectivity index (χ3v) is 3.44. The van der Waals surface area contributed by atoms with E-state index >= 15 is 0 Å². The number of hydrogen-bond donors (Lipinski definition) is 1. The Labute approximate surface area is 121 Å². The first-order chi connectivity index (χ1) is 9.60. The van der Waals surface area contributed by atoms with Crippen LogP contribution in [0.3, 0.4) is 0 Å². The van der Waals surface area contributed by atoms with Crippen molar-refractivity contribution in [2.45, 2.75) is 39.8 Å². The van der Waals surface area contributed by atoms with Gasteiger partial charge >= 0.3 is 0 Å². The zero-order chi connectivity index (χ0) is 14.5. The molecule has 0 heterocycles. The summed E-state index contributed by atoms with van der Waals surface area (Å²) in [5.74, 6) is 1.45. The minimum atomic E-state index is 0.463. The van der Waals surface area contributed by atoms with Gasteiger partial charge in [0.1, 0.15) is 12.4 Å². The number of nitrogens with two attached hydrogens (primary N) is 1. The van der Waals surface area contributed by atoms with Crippen molar-refractivity contribution in [1.82, 2.24) is 0 Å². The highest BCUT2D eigenvalue weighted by molar-refractivity contribution is 5.39. The molecule has 2 aromatic carbocycles. The molecule has 2 aromatic rings. The molecule has 0 saturated heterocycles. The van der Waals surface area contributed by atoms with Crippen molar-refractivity contribution < 1.29 is 4.74 Å². The van der Waals surface area contributed by atoms with Crippen LogP contribution < -0.4 is 10.5 Å². The van der Waals surface area contributed by atoms with Crippen LogP contribution in [0, 0.1) is 6.92 Å². The normalized spacial score (nSPS) is 10.8. The van der Waals surface area contributed by atoms with Gasteiger partial charge in [0.2, 0.25) is 0 Å². The van der Waals surface area contributed by atoms with Gasteiger partial charge in [-0.05, 0) is 41.2 Å². The molecule has 0 bridgehead atoms. The fourth-order valence-corrected chi connectivity index (χ4v) is 2.18. The minimum Gasteiger partial charge on any atom is -0.489 e. The molecule has 2 heteroatoms. The second-order valence-corrected chi connectivity index (χ2v) is 5.51. The van der Waals surface area contributed by atoms with Crippen molar-refractivity contribution in [2.24, 2.45) is 5.73 Å². The topological polar surface area (TPSA) is 35.2 Å². The summed E-state index contributed by atoms with van der Waals surface area (Å²) in [6, 6.07) is 14.7. The van der Waals surface area contributed by atoms with Crippen molar-refractivity contribution in [3.8, 4) is 5.75 Å². The lowest BCUT2D eigenvalue weighted by Gasteiger charge is -2.15. The number of rotatable bonds is 5. The molecule has 0 atom stereocenters. The molecule has 0 saturated carbocycles. The lowest BCUT2D eigenvalue weighted by atomic mass is 10.0. The molecule has 0 aliphatic carbocycles. The van der Waals surface area contributed by atoms with Crippen molar-refractivity contribution in [2.75, 3.05) is 0 Å². The van der Waals surface area contributed by atoms with E-state index in [1.54, 1.807) is 0 Å². The fourth-order valence-electron chi connectivity index (χ4n) is 2.18. The van der Waals surface area contributed by atoms with Gasteiger partial charge in [0.15, 0.2) is 0 Å². The SMILES string of the molecule is Cc1ccc(C(C)C)c(OCc2ccc(CN)cc2)c1. The van der Waals surface area contributed by atoms with Gasteiger partial charge in [0.25, 0.3) is 0 Å². The maximum atomic E-state index is 6.01. The van der Waals surface area contributed by atoms with E-state index in [1.165, 1.54) is 16.7 Å². The van der Waals surface area contributed by atoms with Gasteiger partial charge in [-0.25, -0.2) is 0 Å². The summed E-state index contributed by atoms with van der Waals surface area (Å²) >= 11 is 0. The average molecular weight is 269 g/mol. The van der Waals surface area contributed by atoms with Gasteiger partial charge < -0.3 is 10.5 Å². The van der Waals surface area contributed by atoms with Crippen LogP contribution >= 0.6 is 0 Å². The van der Waals surface area contributed by atoms with Gasteiger partial charge in [0.05, 0.1) is 0 Å². The first-order valence-corrected chi connectivity index (χ1v) is 7.11. The van der Waals surface area contributed by atoms with Crippen molar-refractivity contribution in [1.29, 1.82) is 0 Å². The second kappa shape index (κ2) is 6.58. The van der Waals surface area contributed by atoms with Gasteiger partial charge in [-0.2, -0.15) is 0 Å². The molecule has 0 amide bonds. The molecule has 0 fully saturated rings. The molecule has 0 aromatic heterocycles. The smallest absolute Gasteiger partial charge is 0.123 e. The summed E-state index contributed by atoms with van der Waals surface area (Å²) in [5.41, 5.74) is 10.4. The minimum absolute atomic E-state index is 0.463. The Morgan fingerprint density at radius 2 is 1.65 bits per heavy atom. The summed E-state index contributed by atoms with van der Waals surface area (Å²) in [5, 5.41) is 0. The van der Waals surface area contributed by atoms with E-state index in [0.717, 1.165) is 11.3 Å². The zero-order valence-corrected chi connectivity index (χ0v) is 12.5. The van der Waals surface area contributed by atoms with E-state index < -0.39 is 0 Å². The molecule has 2 rings (SSSR count). The molecule has 106 valence electrons. The molecule has 0 aliphatic rings. The first kappa shape index (κ1) is 14.6. The highest BCUT2D eigenvalue weighted by atomic mass is 16.5. The molecule has 2 N–H and O–H groups in total. The van der Waals surface area contributed by atoms with Crippen LogP contribution in [-0.2, 0) is 13.2 Å². The summed E-state index contributed by atoms with van der Waals surface area (Å²) < 4.78 is 6.01. The van der Waals surface area contributed by atoms with E-state index in [2.05, 4.69) is 63.2 Å². The van der Waals surface area contributed by atoms with Gasteiger partial charge in [-0.15, -0.1) is 0 Å². The highest BCUT2D eigenvalue weighted by Crippen LogP contribution is 2.28. The summed E-state index contributed by atoms with van der Waals surface area (Å²) in [6.45, 7) is 7.64. The van der Waals surface area contributed by atoms with Gasteiger partial charge in [-0.3, -0.25) is 0 Å². The van der Waals surface area contributed by atoms with Crippen LogP contribution in [0.15, 0.2) is 42.5 Å². The molecule has 0 radical (unpaired) electrons. The van der Waals surface area contributed by atoms with E-state index in [4.69, 9.17) is 10.5 Å². The number of aryl methyl sites for hydroxylation is 1. The Bertz CT molecular complexity index is 558. The summed E-state index contributed by atoms with van der Waals surface area (Å²) in [4.78, 5) is 0. The fraction of sp³-hybridized carbons (Fsp3) is 0.333. The number of ether oxygens (including phenoxy) is 1. The predicted octanol–water partition coefficient (Wildman–Crippen LogP) is 4.16. The zero-order valence-electron chi connectivity index (χ0n) is 12.5. The van der Waals surface area contributed by atoms with Gasteiger partial charge in [-0.1, -0.05) is 50.2 Å². The third-order valence-electron chi connectivity index (χ3n) is 3.44. The van der Waals surface area contributed by atoms with Crippen molar-refractivity contribution in [3.63, 3.8) is 0 Å². The maximum absolute atomic E-state index is 6.01. The monoisotopic (exact) mass is 269 g/mol. The van der Waals surface area contributed by atoms with Crippen LogP contribution in [0.2, 0.25) is 0 Å². The average Bonchev–Trinajstić information content (AvgIpc) is 2.45.